The molecule has 1 aliphatic heterocycles. The molecule has 114 valence electrons. The molecule has 0 bridgehead atoms. The second kappa shape index (κ2) is 5.65. The first-order chi connectivity index (χ1) is 10.1. The lowest BCUT2D eigenvalue weighted by molar-refractivity contribution is 0.544. The fourth-order valence-corrected chi connectivity index (χ4v) is 4.48. The van der Waals surface area contributed by atoms with Gasteiger partial charge in [0, 0.05) is 18.7 Å². The normalized spacial score (nSPS) is 20.9. The third kappa shape index (κ3) is 3.03. The fraction of sp³-hybridized carbons (Fsp3) is 0.500. The van der Waals surface area contributed by atoms with Crippen molar-refractivity contribution in [2.24, 2.45) is 0 Å². The molecular formula is C14H19N3O3S. The Bertz CT molecular complexity index is 717. The Hall–Kier alpha value is -1.60. The molecule has 0 aromatic carbocycles. The molecule has 0 aliphatic carbocycles. The average Bonchev–Trinajstić information content (AvgIpc) is 3.11. The van der Waals surface area contributed by atoms with Crippen molar-refractivity contribution in [2.75, 3.05) is 12.3 Å². The van der Waals surface area contributed by atoms with Crippen molar-refractivity contribution >= 4 is 9.84 Å². The number of nitrogens with zero attached hydrogens (tertiary/aromatic N) is 1. The van der Waals surface area contributed by atoms with Crippen molar-refractivity contribution in [1.29, 1.82) is 0 Å². The summed E-state index contributed by atoms with van der Waals surface area (Å²) in [6.45, 7) is 2.95. The topological polar surface area (TPSA) is 88.0 Å². The van der Waals surface area contributed by atoms with E-state index in [4.69, 9.17) is 4.42 Å². The van der Waals surface area contributed by atoms with Gasteiger partial charge in [0.2, 0.25) is 0 Å². The summed E-state index contributed by atoms with van der Waals surface area (Å²) in [6.07, 6.45) is 3.27. The molecule has 0 amide bonds. The number of nitrogens with one attached hydrogen (secondary N) is 2. The number of hydrogen-bond donors (Lipinski definition) is 2. The molecule has 2 aromatic heterocycles. The molecule has 1 fully saturated rings. The zero-order chi connectivity index (χ0) is 14.9. The molecule has 21 heavy (non-hydrogen) atoms. The summed E-state index contributed by atoms with van der Waals surface area (Å²) in [4.78, 5) is 0. The van der Waals surface area contributed by atoms with Crippen LogP contribution in [0, 0.1) is 6.92 Å². The Labute approximate surface area is 123 Å². The maximum absolute atomic E-state index is 11.8. The van der Waals surface area contributed by atoms with Gasteiger partial charge in [-0.1, -0.05) is 0 Å². The van der Waals surface area contributed by atoms with Crippen LogP contribution in [0.2, 0.25) is 0 Å². The van der Waals surface area contributed by atoms with Crippen molar-refractivity contribution in [3.8, 4) is 11.5 Å². The van der Waals surface area contributed by atoms with E-state index in [0.29, 0.717) is 18.8 Å². The van der Waals surface area contributed by atoms with Crippen molar-refractivity contribution < 1.29 is 12.8 Å². The quantitative estimate of drug-likeness (QED) is 0.876. The molecule has 0 spiro atoms. The van der Waals surface area contributed by atoms with E-state index < -0.39 is 9.84 Å². The standard InChI is InChI=1S/C14H19N3O3S/c1-10-4-5-13(20-10)14-11(8-16-17-14)7-15-9-12-3-2-6-21(12,18)19/h4-5,8,12,15H,2-3,6-7,9H2,1H3,(H,16,17). The highest BCUT2D eigenvalue weighted by atomic mass is 32.2. The van der Waals surface area contributed by atoms with E-state index in [1.54, 1.807) is 6.20 Å². The lowest BCUT2D eigenvalue weighted by Gasteiger charge is -2.10. The molecule has 2 aromatic rings. The van der Waals surface area contributed by atoms with Crippen LogP contribution in [0.5, 0.6) is 0 Å². The number of aromatic amines is 1. The summed E-state index contributed by atoms with van der Waals surface area (Å²) in [6, 6.07) is 3.80. The third-order valence-electron chi connectivity index (χ3n) is 3.85. The summed E-state index contributed by atoms with van der Waals surface area (Å²) in [5, 5.41) is 9.94. The molecular weight excluding hydrogens is 290 g/mol. The molecule has 1 unspecified atom stereocenters. The molecule has 3 heterocycles. The first-order valence-corrected chi connectivity index (χ1v) is 8.79. The Kier molecular flexibility index (Phi) is 3.86. The molecule has 2 N–H and O–H groups in total. The van der Waals surface area contributed by atoms with E-state index in [1.165, 1.54) is 0 Å². The SMILES string of the molecule is Cc1ccc(-c2[nH]ncc2CNCC2CCCS2(=O)=O)o1. The lowest BCUT2D eigenvalue weighted by Crippen LogP contribution is -2.30. The van der Waals surface area contributed by atoms with Crippen LogP contribution in [0.15, 0.2) is 22.7 Å². The first kappa shape index (κ1) is 14.3. The highest BCUT2D eigenvalue weighted by molar-refractivity contribution is 7.92. The molecule has 6 nitrogen and oxygen atoms in total. The maximum Gasteiger partial charge on any atom is 0.154 e. The second-order valence-corrected chi connectivity index (χ2v) is 7.84. The predicted molar refractivity (Wildman–Crippen MR) is 79.5 cm³/mol. The van der Waals surface area contributed by atoms with Gasteiger partial charge in [-0.3, -0.25) is 5.10 Å². The average molecular weight is 309 g/mol. The molecule has 0 radical (unpaired) electrons. The van der Waals surface area contributed by atoms with E-state index >= 15 is 0 Å². The van der Waals surface area contributed by atoms with Crippen LogP contribution in [0.4, 0.5) is 0 Å². The molecule has 7 heteroatoms. The van der Waals surface area contributed by atoms with Gasteiger partial charge in [0.05, 0.1) is 17.2 Å². The highest BCUT2D eigenvalue weighted by Crippen LogP contribution is 2.23. The number of aromatic nitrogens is 2. The monoisotopic (exact) mass is 309 g/mol. The van der Waals surface area contributed by atoms with Crippen LogP contribution in [0.3, 0.4) is 0 Å². The third-order valence-corrected chi connectivity index (χ3v) is 6.13. The van der Waals surface area contributed by atoms with Crippen molar-refractivity contribution in [1.82, 2.24) is 15.5 Å². The summed E-state index contributed by atoms with van der Waals surface area (Å²) in [5.41, 5.74) is 1.81. The van der Waals surface area contributed by atoms with Gasteiger partial charge in [-0.15, -0.1) is 0 Å². The number of furan rings is 1. The van der Waals surface area contributed by atoms with Crippen LogP contribution in [-0.4, -0.2) is 36.2 Å². The second-order valence-electron chi connectivity index (χ2n) is 5.44. The van der Waals surface area contributed by atoms with Gasteiger partial charge in [-0.2, -0.15) is 5.10 Å². The zero-order valence-corrected chi connectivity index (χ0v) is 12.7. The summed E-state index contributed by atoms with van der Waals surface area (Å²) in [7, 11) is -2.89. The predicted octanol–water partition coefficient (Wildman–Crippen LogP) is 1.64. The van der Waals surface area contributed by atoms with Crippen molar-refractivity contribution in [3.63, 3.8) is 0 Å². The van der Waals surface area contributed by atoms with Crippen LogP contribution >= 0.6 is 0 Å². The number of hydrogen-bond acceptors (Lipinski definition) is 5. The molecule has 1 saturated heterocycles. The summed E-state index contributed by atoms with van der Waals surface area (Å²) < 4.78 is 29.1. The Morgan fingerprint density at radius 1 is 1.48 bits per heavy atom. The Balaban J connectivity index is 1.63. The van der Waals surface area contributed by atoms with Crippen LogP contribution in [-0.2, 0) is 16.4 Å². The van der Waals surface area contributed by atoms with E-state index in [-0.39, 0.29) is 5.25 Å². The molecule has 3 rings (SSSR count). The number of sulfone groups is 1. The molecule has 1 aliphatic rings. The van der Waals surface area contributed by atoms with Gasteiger partial charge in [0.1, 0.15) is 11.5 Å². The van der Waals surface area contributed by atoms with Crippen molar-refractivity contribution in [3.05, 3.63) is 29.7 Å². The van der Waals surface area contributed by atoms with E-state index in [2.05, 4.69) is 15.5 Å². The lowest BCUT2D eigenvalue weighted by atomic mass is 10.2. The van der Waals surface area contributed by atoms with Gasteiger partial charge in [-0.25, -0.2) is 8.42 Å². The van der Waals surface area contributed by atoms with Gasteiger partial charge in [0.25, 0.3) is 0 Å². The largest absolute Gasteiger partial charge is 0.460 e. The highest BCUT2D eigenvalue weighted by Gasteiger charge is 2.30. The van der Waals surface area contributed by atoms with Gasteiger partial charge >= 0.3 is 0 Å². The fourth-order valence-electron chi connectivity index (χ4n) is 2.68. The van der Waals surface area contributed by atoms with Gasteiger partial charge in [-0.05, 0) is 31.9 Å². The Morgan fingerprint density at radius 3 is 3.00 bits per heavy atom. The minimum absolute atomic E-state index is 0.251. The maximum atomic E-state index is 11.8. The number of H-pyrrole nitrogens is 1. The minimum atomic E-state index is -2.89. The van der Waals surface area contributed by atoms with Gasteiger partial charge < -0.3 is 9.73 Å². The van der Waals surface area contributed by atoms with Crippen LogP contribution in [0.1, 0.15) is 24.2 Å². The van der Waals surface area contributed by atoms with Crippen molar-refractivity contribution in [2.45, 2.75) is 31.6 Å². The first-order valence-electron chi connectivity index (χ1n) is 7.07. The van der Waals surface area contributed by atoms with Crippen LogP contribution < -0.4 is 5.32 Å². The number of rotatable bonds is 5. The smallest absolute Gasteiger partial charge is 0.154 e. The zero-order valence-electron chi connectivity index (χ0n) is 11.9. The molecule has 1 atom stereocenters. The summed E-state index contributed by atoms with van der Waals surface area (Å²) in [5.74, 6) is 1.91. The van der Waals surface area contributed by atoms with E-state index in [1.807, 2.05) is 19.1 Å². The van der Waals surface area contributed by atoms with Crippen LogP contribution in [0.25, 0.3) is 11.5 Å². The van der Waals surface area contributed by atoms with E-state index in [9.17, 15) is 8.42 Å². The number of aryl methyl sites for hydroxylation is 1. The summed E-state index contributed by atoms with van der Waals surface area (Å²) >= 11 is 0. The minimum Gasteiger partial charge on any atom is -0.460 e. The van der Waals surface area contributed by atoms with Gasteiger partial charge in [0.15, 0.2) is 15.6 Å². The van der Waals surface area contributed by atoms with E-state index in [0.717, 1.165) is 35.6 Å². The Morgan fingerprint density at radius 2 is 2.33 bits per heavy atom. The molecule has 0 saturated carbocycles.